The average molecular weight is 297 g/mol. The van der Waals surface area contributed by atoms with Gasteiger partial charge in [-0.05, 0) is 43.0 Å². The van der Waals surface area contributed by atoms with Crippen LogP contribution in [0.1, 0.15) is 46.0 Å². The lowest BCUT2D eigenvalue weighted by molar-refractivity contribution is -0.120. The first-order chi connectivity index (χ1) is 9.70. The summed E-state index contributed by atoms with van der Waals surface area (Å²) < 4.78 is 1.70. The van der Waals surface area contributed by atoms with Gasteiger partial charge in [-0.2, -0.15) is 0 Å². The monoisotopic (exact) mass is 297 g/mol. The van der Waals surface area contributed by atoms with Crippen molar-refractivity contribution in [2.24, 2.45) is 5.92 Å². The Labute approximate surface area is 124 Å². The van der Waals surface area contributed by atoms with Gasteiger partial charge in [-0.15, -0.1) is 5.10 Å². The lowest BCUT2D eigenvalue weighted by atomic mass is 9.89. The third-order valence-corrected chi connectivity index (χ3v) is 4.81. The summed E-state index contributed by atoms with van der Waals surface area (Å²) in [6.45, 7) is 5.40. The quantitative estimate of drug-likeness (QED) is 0.812. The van der Waals surface area contributed by atoms with E-state index in [0.717, 1.165) is 6.54 Å². The summed E-state index contributed by atoms with van der Waals surface area (Å²) in [5.41, 5.74) is 0. The molecule has 0 bridgehead atoms. The Balaban J connectivity index is 1.76. The molecule has 0 unspecified atom stereocenters. The van der Waals surface area contributed by atoms with Crippen molar-refractivity contribution in [1.82, 2.24) is 25.5 Å². The highest BCUT2D eigenvalue weighted by Gasteiger charge is 2.20. The third-order valence-electron chi connectivity index (χ3n) is 3.74. The van der Waals surface area contributed by atoms with Crippen LogP contribution in [0, 0.1) is 5.92 Å². The van der Waals surface area contributed by atoms with E-state index >= 15 is 0 Å². The minimum Gasteiger partial charge on any atom is -0.355 e. The first kappa shape index (κ1) is 15.3. The van der Waals surface area contributed by atoms with Gasteiger partial charge in [0, 0.05) is 13.1 Å². The predicted octanol–water partition coefficient (Wildman–Crippen LogP) is 1.87. The zero-order chi connectivity index (χ0) is 14.4. The van der Waals surface area contributed by atoms with Crippen molar-refractivity contribution in [3.05, 3.63) is 0 Å². The van der Waals surface area contributed by atoms with Gasteiger partial charge in [0.25, 0.3) is 0 Å². The number of thioether (sulfide) groups is 1. The zero-order valence-corrected chi connectivity index (χ0v) is 13.0. The number of nitrogens with zero attached hydrogens (tertiary/aromatic N) is 4. The Kier molecular flexibility index (Phi) is 5.82. The van der Waals surface area contributed by atoms with Crippen LogP contribution >= 0.6 is 11.8 Å². The summed E-state index contributed by atoms with van der Waals surface area (Å²) in [6.07, 6.45) is 6.44. The molecule has 112 valence electrons. The Hall–Kier alpha value is -1.11. The molecule has 1 aromatic heterocycles. The van der Waals surface area contributed by atoms with Gasteiger partial charge in [-0.3, -0.25) is 4.79 Å². The second-order valence-electron chi connectivity index (χ2n) is 5.29. The van der Waals surface area contributed by atoms with E-state index in [0.29, 0.717) is 17.6 Å². The van der Waals surface area contributed by atoms with E-state index in [4.69, 9.17) is 0 Å². The molecule has 0 spiro atoms. The summed E-state index contributed by atoms with van der Waals surface area (Å²) in [6, 6.07) is 0. The van der Waals surface area contributed by atoms with Gasteiger partial charge in [-0.25, -0.2) is 4.68 Å². The topological polar surface area (TPSA) is 72.7 Å². The fraction of sp³-hybridized carbons (Fsp3) is 0.846. The lowest BCUT2D eigenvalue weighted by Gasteiger charge is -2.22. The fourth-order valence-electron chi connectivity index (χ4n) is 2.47. The second-order valence-corrected chi connectivity index (χ2v) is 6.59. The van der Waals surface area contributed by atoms with Crippen molar-refractivity contribution in [1.29, 1.82) is 0 Å². The van der Waals surface area contributed by atoms with Gasteiger partial charge in [0.05, 0.1) is 5.25 Å². The van der Waals surface area contributed by atoms with Crippen molar-refractivity contribution >= 4 is 17.7 Å². The SMILES string of the molecule is CCn1nnnc1S[C@@H](C)C(=O)NCC1CCCCC1. The van der Waals surface area contributed by atoms with Crippen LogP contribution in [0.15, 0.2) is 5.16 Å². The Morgan fingerprint density at radius 1 is 1.45 bits per heavy atom. The molecule has 0 saturated heterocycles. The van der Waals surface area contributed by atoms with Gasteiger partial charge in [0.15, 0.2) is 0 Å². The molecule has 0 radical (unpaired) electrons. The molecule has 6 nitrogen and oxygen atoms in total. The van der Waals surface area contributed by atoms with Crippen LogP contribution in [0.25, 0.3) is 0 Å². The average Bonchev–Trinajstić information content (AvgIpc) is 2.93. The highest BCUT2D eigenvalue weighted by atomic mass is 32.2. The van der Waals surface area contributed by atoms with Gasteiger partial charge in [0.2, 0.25) is 11.1 Å². The molecular formula is C13H23N5OS. The summed E-state index contributed by atoms with van der Waals surface area (Å²) in [5.74, 6) is 0.733. The molecule has 2 rings (SSSR count). The van der Waals surface area contributed by atoms with Crippen LogP contribution in [-0.2, 0) is 11.3 Å². The molecule has 0 aromatic carbocycles. The normalized spacial score (nSPS) is 17.9. The third kappa shape index (κ3) is 4.19. The molecule has 7 heteroatoms. The molecule has 1 fully saturated rings. The first-order valence-electron chi connectivity index (χ1n) is 7.41. The summed E-state index contributed by atoms with van der Waals surface area (Å²) in [5, 5.41) is 15.0. The fourth-order valence-corrected chi connectivity index (χ4v) is 3.35. The largest absolute Gasteiger partial charge is 0.355 e. The number of amides is 1. The smallest absolute Gasteiger partial charge is 0.233 e. The number of carbonyl (C=O) groups excluding carboxylic acids is 1. The van der Waals surface area contributed by atoms with E-state index in [1.165, 1.54) is 43.9 Å². The number of aromatic nitrogens is 4. The maximum atomic E-state index is 12.1. The Bertz CT molecular complexity index is 430. The molecule has 1 atom stereocenters. The molecule has 1 aliphatic rings. The van der Waals surface area contributed by atoms with Crippen LogP contribution < -0.4 is 5.32 Å². The van der Waals surface area contributed by atoms with Gasteiger partial charge >= 0.3 is 0 Å². The van der Waals surface area contributed by atoms with Crippen LogP contribution in [0.3, 0.4) is 0 Å². The van der Waals surface area contributed by atoms with Crippen LogP contribution in [-0.4, -0.2) is 37.9 Å². The number of rotatable bonds is 6. The highest BCUT2D eigenvalue weighted by molar-refractivity contribution is 8.00. The van der Waals surface area contributed by atoms with Gasteiger partial charge in [0.1, 0.15) is 0 Å². The van der Waals surface area contributed by atoms with Crippen molar-refractivity contribution in [3.63, 3.8) is 0 Å². The number of aryl methyl sites for hydroxylation is 1. The molecule has 0 aliphatic heterocycles. The molecular weight excluding hydrogens is 274 g/mol. The van der Waals surface area contributed by atoms with E-state index < -0.39 is 0 Å². The van der Waals surface area contributed by atoms with Crippen LogP contribution in [0.2, 0.25) is 0 Å². The first-order valence-corrected chi connectivity index (χ1v) is 8.29. The number of hydrogen-bond acceptors (Lipinski definition) is 5. The molecule has 1 N–H and O–H groups in total. The standard InChI is InChI=1S/C13H23N5OS/c1-3-18-13(15-16-17-18)20-10(2)12(19)14-9-11-7-5-4-6-8-11/h10-11H,3-9H2,1-2H3,(H,14,19)/t10-/m0/s1. The number of carbonyl (C=O) groups is 1. The van der Waals surface area contributed by atoms with Crippen molar-refractivity contribution in [3.8, 4) is 0 Å². The molecule has 20 heavy (non-hydrogen) atoms. The van der Waals surface area contributed by atoms with Gasteiger partial charge in [-0.1, -0.05) is 31.0 Å². The highest BCUT2D eigenvalue weighted by Crippen LogP contribution is 2.23. The van der Waals surface area contributed by atoms with E-state index in [9.17, 15) is 4.79 Å². The molecule has 1 saturated carbocycles. The maximum absolute atomic E-state index is 12.1. The minimum atomic E-state index is -0.171. The van der Waals surface area contributed by atoms with Crippen LogP contribution in [0.4, 0.5) is 0 Å². The summed E-state index contributed by atoms with van der Waals surface area (Å²) in [4.78, 5) is 12.1. The minimum absolute atomic E-state index is 0.0752. The zero-order valence-electron chi connectivity index (χ0n) is 12.2. The van der Waals surface area contributed by atoms with Gasteiger partial charge < -0.3 is 5.32 Å². The molecule has 1 heterocycles. The number of hydrogen-bond donors (Lipinski definition) is 1. The van der Waals surface area contributed by atoms with Crippen molar-refractivity contribution in [2.45, 2.75) is 62.9 Å². The Morgan fingerprint density at radius 2 is 2.20 bits per heavy atom. The number of tetrazole rings is 1. The lowest BCUT2D eigenvalue weighted by Crippen LogP contribution is -2.35. The van der Waals surface area contributed by atoms with E-state index in [1.807, 2.05) is 13.8 Å². The maximum Gasteiger partial charge on any atom is 0.233 e. The summed E-state index contributed by atoms with van der Waals surface area (Å²) in [7, 11) is 0. The van der Waals surface area contributed by atoms with E-state index in [-0.39, 0.29) is 11.2 Å². The predicted molar refractivity (Wildman–Crippen MR) is 78.4 cm³/mol. The van der Waals surface area contributed by atoms with Crippen molar-refractivity contribution < 1.29 is 4.79 Å². The van der Waals surface area contributed by atoms with Crippen molar-refractivity contribution in [2.75, 3.05) is 6.54 Å². The van der Waals surface area contributed by atoms with E-state index in [2.05, 4.69) is 20.8 Å². The molecule has 1 aromatic rings. The number of nitrogens with one attached hydrogen (secondary N) is 1. The summed E-state index contributed by atoms with van der Waals surface area (Å²) >= 11 is 1.41. The second kappa shape index (κ2) is 7.61. The van der Waals surface area contributed by atoms with Crippen LogP contribution in [0.5, 0.6) is 0 Å². The van der Waals surface area contributed by atoms with E-state index in [1.54, 1.807) is 4.68 Å². The molecule has 1 amide bonds. The molecule has 1 aliphatic carbocycles. The Morgan fingerprint density at radius 3 is 2.90 bits per heavy atom.